The molecule has 1 aromatic carbocycles. The second kappa shape index (κ2) is 9.07. The number of carbonyl (C=O) groups is 2. The van der Waals surface area contributed by atoms with Gasteiger partial charge in [-0.3, -0.25) is 4.79 Å². The monoisotopic (exact) mass is 407 g/mol. The molecule has 154 valence electrons. The molecular weight excluding hydrogens is 378 g/mol. The van der Waals surface area contributed by atoms with Gasteiger partial charge in [0, 0.05) is 12.6 Å². The Morgan fingerprint density at radius 1 is 1.18 bits per heavy atom. The highest BCUT2D eigenvalue weighted by Crippen LogP contribution is 2.23. The van der Waals surface area contributed by atoms with E-state index in [4.69, 9.17) is 4.74 Å². The van der Waals surface area contributed by atoms with Crippen LogP contribution in [0.4, 0.5) is 0 Å². The van der Waals surface area contributed by atoms with E-state index in [0.29, 0.717) is 18.5 Å². The summed E-state index contributed by atoms with van der Waals surface area (Å²) < 4.78 is 28.8. The summed E-state index contributed by atoms with van der Waals surface area (Å²) in [5, 5.41) is 0. The first-order chi connectivity index (χ1) is 13.4. The molecule has 3 rings (SSSR count). The summed E-state index contributed by atoms with van der Waals surface area (Å²) in [4.78, 5) is 26.7. The van der Waals surface area contributed by atoms with Crippen molar-refractivity contribution in [2.75, 3.05) is 24.7 Å². The van der Waals surface area contributed by atoms with Gasteiger partial charge in [0.25, 0.3) is 5.91 Å². The first-order valence-electron chi connectivity index (χ1n) is 10.2. The van der Waals surface area contributed by atoms with E-state index in [9.17, 15) is 18.0 Å². The molecule has 0 saturated carbocycles. The fourth-order valence-electron chi connectivity index (χ4n) is 4.01. The lowest BCUT2D eigenvalue weighted by Crippen LogP contribution is -2.43. The molecule has 1 aliphatic carbocycles. The van der Waals surface area contributed by atoms with Gasteiger partial charge in [0.2, 0.25) is 0 Å². The van der Waals surface area contributed by atoms with Gasteiger partial charge in [0.1, 0.15) is 0 Å². The molecule has 0 bridgehead atoms. The molecule has 1 atom stereocenters. The molecule has 0 radical (unpaired) electrons. The topological polar surface area (TPSA) is 80.8 Å². The van der Waals surface area contributed by atoms with Crippen LogP contribution in [0.5, 0.6) is 0 Å². The maximum atomic E-state index is 12.7. The van der Waals surface area contributed by atoms with Crippen molar-refractivity contribution in [3.8, 4) is 0 Å². The van der Waals surface area contributed by atoms with Crippen molar-refractivity contribution in [3.05, 3.63) is 34.9 Å². The van der Waals surface area contributed by atoms with Crippen LogP contribution in [0.1, 0.15) is 60.5 Å². The maximum Gasteiger partial charge on any atom is 0.338 e. The molecule has 28 heavy (non-hydrogen) atoms. The van der Waals surface area contributed by atoms with Crippen LogP contribution in [0, 0.1) is 0 Å². The van der Waals surface area contributed by atoms with E-state index in [1.807, 2.05) is 19.1 Å². The summed E-state index contributed by atoms with van der Waals surface area (Å²) >= 11 is 0. The van der Waals surface area contributed by atoms with Gasteiger partial charge < -0.3 is 9.64 Å². The fraction of sp³-hybridized carbons (Fsp3) is 0.619. The first-order valence-corrected chi connectivity index (χ1v) is 12.0. The average Bonchev–Trinajstić information content (AvgIpc) is 3.05. The van der Waals surface area contributed by atoms with Crippen LogP contribution in [-0.4, -0.2) is 55.9 Å². The summed E-state index contributed by atoms with van der Waals surface area (Å²) in [5.74, 6) is -0.706. The summed E-state index contributed by atoms with van der Waals surface area (Å²) in [6, 6.07) is 5.30. The zero-order chi connectivity index (χ0) is 20.1. The number of hydrogen-bond acceptors (Lipinski definition) is 5. The van der Waals surface area contributed by atoms with E-state index in [1.165, 1.54) is 17.5 Å². The van der Waals surface area contributed by atoms with E-state index in [1.54, 1.807) is 11.0 Å². The molecule has 0 aromatic heterocycles. The smallest absolute Gasteiger partial charge is 0.338 e. The zero-order valence-electron chi connectivity index (χ0n) is 16.5. The molecule has 1 unspecified atom stereocenters. The minimum absolute atomic E-state index is 0.00121. The molecule has 1 aromatic rings. The molecule has 2 aliphatic rings. The Hall–Kier alpha value is -1.89. The molecule has 1 aliphatic heterocycles. The highest BCUT2D eigenvalue weighted by molar-refractivity contribution is 7.91. The Bertz CT molecular complexity index is 833. The molecule has 6 nitrogen and oxygen atoms in total. The highest BCUT2D eigenvalue weighted by Gasteiger charge is 2.34. The number of benzene rings is 1. The number of carbonyl (C=O) groups excluding carboxylic acids is 2. The molecule has 7 heteroatoms. The van der Waals surface area contributed by atoms with Crippen LogP contribution >= 0.6 is 0 Å². The number of esters is 1. The zero-order valence-corrected chi connectivity index (χ0v) is 17.3. The largest absolute Gasteiger partial charge is 0.452 e. The molecule has 1 fully saturated rings. The number of ether oxygens (including phenoxy) is 1. The number of amides is 1. The normalized spacial score (nSPS) is 20.4. The number of nitrogens with zero attached hydrogens (tertiary/aromatic N) is 1. The van der Waals surface area contributed by atoms with Crippen LogP contribution < -0.4 is 0 Å². The van der Waals surface area contributed by atoms with E-state index in [0.717, 1.165) is 32.1 Å². The SMILES string of the molecule is CCCCN(C(=O)COC(=O)c1ccc2c(c1)CCCC2)C1CCS(=O)(=O)C1. The lowest BCUT2D eigenvalue weighted by atomic mass is 9.90. The third-order valence-corrected chi connectivity index (χ3v) is 7.38. The van der Waals surface area contributed by atoms with Gasteiger partial charge >= 0.3 is 5.97 Å². The van der Waals surface area contributed by atoms with Crippen LogP contribution in [0.15, 0.2) is 18.2 Å². The Balaban J connectivity index is 1.61. The summed E-state index contributed by atoms with van der Waals surface area (Å²) in [6.07, 6.45) is 6.46. The standard InChI is InChI=1S/C21H29NO5S/c1-2-3-11-22(19-10-12-28(25,26)15-19)20(23)14-27-21(24)18-9-8-16-6-4-5-7-17(16)13-18/h8-9,13,19H,2-7,10-12,14-15H2,1H3. The number of rotatable bonds is 7. The van der Waals surface area contributed by atoms with Crippen molar-refractivity contribution < 1.29 is 22.7 Å². The number of aryl methyl sites for hydroxylation is 2. The fourth-order valence-corrected chi connectivity index (χ4v) is 5.75. The van der Waals surface area contributed by atoms with Gasteiger partial charge in [-0.15, -0.1) is 0 Å². The number of fused-ring (bicyclic) bond motifs is 1. The van der Waals surface area contributed by atoms with Gasteiger partial charge in [-0.05, 0) is 61.8 Å². The molecule has 1 saturated heterocycles. The number of sulfone groups is 1. The maximum absolute atomic E-state index is 12.7. The van der Waals surface area contributed by atoms with Gasteiger partial charge in [-0.25, -0.2) is 13.2 Å². The molecule has 1 amide bonds. The van der Waals surface area contributed by atoms with E-state index in [-0.39, 0.29) is 30.1 Å². The average molecular weight is 408 g/mol. The highest BCUT2D eigenvalue weighted by atomic mass is 32.2. The van der Waals surface area contributed by atoms with Crippen LogP contribution in [-0.2, 0) is 32.2 Å². The second-order valence-corrected chi connectivity index (χ2v) is 9.99. The van der Waals surface area contributed by atoms with E-state index >= 15 is 0 Å². The summed E-state index contributed by atoms with van der Waals surface area (Å²) in [5.41, 5.74) is 2.94. The quantitative estimate of drug-likeness (QED) is 0.649. The molecule has 0 N–H and O–H groups in total. The van der Waals surface area contributed by atoms with E-state index < -0.39 is 15.8 Å². The Morgan fingerprint density at radius 3 is 2.61 bits per heavy atom. The van der Waals surface area contributed by atoms with Gasteiger partial charge in [-0.2, -0.15) is 0 Å². The van der Waals surface area contributed by atoms with Crippen molar-refractivity contribution in [1.29, 1.82) is 0 Å². The predicted molar refractivity (Wildman–Crippen MR) is 107 cm³/mol. The van der Waals surface area contributed by atoms with Crippen molar-refractivity contribution in [1.82, 2.24) is 4.90 Å². The second-order valence-electron chi connectivity index (χ2n) is 7.76. The minimum Gasteiger partial charge on any atom is -0.452 e. The minimum atomic E-state index is -3.08. The van der Waals surface area contributed by atoms with Crippen molar-refractivity contribution in [2.45, 2.75) is 57.9 Å². The van der Waals surface area contributed by atoms with Gasteiger partial charge in [0.05, 0.1) is 17.1 Å². The number of unbranched alkanes of at least 4 members (excludes halogenated alkanes) is 1. The summed E-state index contributed by atoms with van der Waals surface area (Å²) in [7, 11) is -3.08. The van der Waals surface area contributed by atoms with Crippen molar-refractivity contribution in [2.24, 2.45) is 0 Å². The lowest BCUT2D eigenvalue weighted by molar-refractivity contribution is -0.136. The van der Waals surface area contributed by atoms with Crippen LogP contribution in [0.3, 0.4) is 0 Å². The van der Waals surface area contributed by atoms with E-state index in [2.05, 4.69) is 0 Å². The third kappa shape index (κ3) is 5.13. The Kier molecular flexibility index (Phi) is 6.75. The van der Waals surface area contributed by atoms with Crippen LogP contribution in [0.25, 0.3) is 0 Å². The van der Waals surface area contributed by atoms with Crippen molar-refractivity contribution >= 4 is 21.7 Å². The van der Waals surface area contributed by atoms with Crippen LogP contribution in [0.2, 0.25) is 0 Å². The van der Waals surface area contributed by atoms with Crippen molar-refractivity contribution in [3.63, 3.8) is 0 Å². The first kappa shape index (κ1) is 20.8. The predicted octanol–water partition coefficient (Wildman–Crippen LogP) is 2.54. The Morgan fingerprint density at radius 2 is 1.93 bits per heavy atom. The molecule has 0 spiro atoms. The van der Waals surface area contributed by atoms with Gasteiger partial charge in [0.15, 0.2) is 16.4 Å². The Labute approximate surface area is 167 Å². The molecular formula is C21H29NO5S. The number of hydrogen-bond donors (Lipinski definition) is 0. The third-order valence-electron chi connectivity index (χ3n) is 5.63. The van der Waals surface area contributed by atoms with Gasteiger partial charge in [-0.1, -0.05) is 19.4 Å². The molecule has 1 heterocycles. The lowest BCUT2D eigenvalue weighted by Gasteiger charge is -2.28. The summed E-state index contributed by atoms with van der Waals surface area (Å²) in [6.45, 7) is 2.16.